The predicted octanol–water partition coefficient (Wildman–Crippen LogP) is 0.134. The number of hydrogen-bond acceptors (Lipinski definition) is 7. The molecule has 3 atom stereocenters. The largest absolute Gasteiger partial charge is 0.382 e. The summed E-state index contributed by atoms with van der Waals surface area (Å²) < 4.78 is 17.7. The first kappa shape index (κ1) is 24.0. The highest BCUT2D eigenvalue weighted by atomic mass is 16.6. The van der Waals surface area contributed by atoms with E-state index in [0.29, 0.717) is 26.1 Å². The molecule has 1 saturated heterocycles. The molecule has 1 unspecified atom stereocenters. The molecule has 1 aromatic heterocycles. The Kier molecular flexibility index (Phi) is 9.95. The summed E-state index contributed by atoms with van der Waals surface area (Å²) in [5.41, 5.74) is 4.47. The molecule has 0 bridgehead atoms. The SMILES string of the molecule is COC[C@H]1O[C@@H](n2cc(/C=C/C(=O)NCCCCCCN)c(=O)[nH]c2=O)CC1OC. The van der Waals surface area contributed by atoms with Crippen LogP contribution in [0.3, 0.4) is 0 Å². The number of nitrogens with two attached hydrogens (primary N) is 1. The molecule has 1 amide bonds. The Labute approximate surface area is 175 Å². The average molecular weight is 424 g/mol. The Morgan fingerprint density at radius 2 is 2.10 bits per heavy atom. The summed E-state index contributed by atoms with van der Waals surface area (Å²) in [6, 6.07) is 0. The molecular weight excluding hydrogens is 392 g/mol. The molecule has 4 N–H and O–H groups in total. The molecule has 1 aliphatic rings. The van der Waals surface area contributed by atoms with E-state index in [9.17, 15) is 14.4 Å². The average Bonchev–Trinajstić information content (AvgIpc) is 3.13. The van der Waals surface area contributed by atoms with Crippen LogP contribution in [0.5, 0.6) is 0 Å². The minimum Gasteiger partial charge on any atom is -0.382 e. The number of H-pyrrole nitrogens is 1. The number of hydrogen-bond donors (Lipinski definition) is 3. The monoisotopic (exact) mass is 424 g/mol. The molecule has 1 fully saturated rings. The molecule has 0 aliphatic carbocycles. The topological polar surface area (TPSA) is 138 Å². The van der Waals surface area contributed by atoms with E-state index in [1.165, 1.54) is 22.9 Å². The number of nitrogens with zero attached hydrogens (tertiary/aromatic N) is 1. The third-order valence-electron chi connectivity index (χ3n) is 4.96. The fourth-order valence-electron chi connectivity index (χ4n) is 3.33. The van der Waals surface area contributed by atoms with Gasteiger partial charge in [0, 0.05) is 39.5 Å². The molecule has 10 nitrogen and oxygen atoms in total. The molecule has 2 rings (SSSR count). The summed E-state index contributed by atoms with van der Waals surface area (Å²) in [5.74, 6) is -0.303. The van der Waals surface area contributed by atoms with Crippen LogP contribution in [0.1, 0.15) is 43.9 Å². The highest BCUT2D eigenvalue weighted by Crippen LogP contribution is 2.29. The summed E-state index contributed by atoms with van der Waals surface area (Å²) in [7, 11) is 3.13. The molecule has 0 aromatic carbocycles. The van der Waals surface area contributed by atoms with E-state index in [-0.39, 0.29) is 23.7 Å². The fraction of sp³-hybridized carbons (Fsp3) is 0.650. The van der Waals surface area contributed by atoms with E-state index >= 15 is 0 Å². The van der Waals surface area contributed by atoms with Gasteiger partial charge < -0.3 is 25.3 Å². The van der Waals surface area contributed by atoms with E-state index in [1.54, 1.807) is 14.2 Å². The number of amides is 1. The molecule has 0 radical (unpaired) electrons. The van der Waals surface area contributed by atoms with Crippen molar-refractivity contribution in [3.63, 3.8) is 0 Å². The van der Waals surface area contributed by atoms with Gasteiger partial charge in [-0.05, 0) is 25.5 Å². The van der Waals surface area contributed by atoms with E-state index in [0.717, 1.165) is 25.7 Å². The number of nitrogens with one attached hydrogen (secondary N) is 2. The van der Waals surface area contributed by atoms with Crippen molar-refractivity contribution in [3.05, 3.63) is 38.7 Å². The number of ether oxygens (including phenoxy) is 3. The Morgan fingerprint density at radius 1 is 1.33 bits per heavy atom. The van der Waals surface area contributed by atoms with E-state index < -0.39 is 17.5 Å². The smallest absolute Gasteiger partial charge is 0.330 e. The fourth-order valence-corrected chi connectivity index (χ4v) is 3.33. The van der Waals surface area contributed by atoms with Crippen LogP contribution in [0, 0.1) is 0 Å². The summed E-state index contributed by atoms with van der Waals surface area (Å²) in [4.78, 5) is 38.6. The minimum absolute atomic E-state index is 0.181. The molecule has 10 heteroatoms. The van der Waals surface area contributed by atoms with Crippen LogP contribution in [0.4, 0.5) is 0 Å². The Balaban J connectivity index is 2.01. The maximum Gasteiger partial charge on any atom is 0.330 e. The number of unbranched alkanes of at least 4 members (excludes halogenated alkanes) is 3. The van der Waals surface area contributed by atoms with Crippen molar-refractivity contribution in [2.45, 2.75) is 50.5 Å². The molecule has 168 valence electrons. The molecule has 0 saturated carbocycles. The maximum atomic E-state index is 12.3. The van der Waals surface area contributed by atoms with Gasteiger partial charge in [0.15, 0.2) is 0 Å². The lowest BCUT2D eigenvalue weighted by molar-refractivity contribution is -0.116. The van der Waals surface area contributed by atoms with E-state index in [2.05, 4.69) is 10.3 Å². The van der Waals surface area contributed by atoms with Gasteiger partial charge in [-0.15, -0.1) is 0 Å². The van der Waals surface area contributed by atoms with Gasteiger partial charge in [0.2, 0.25) is 5.91 Å². The maximum absolute atomic E-state index is 12.3. The first-order valence-corrected chi connectivity index (χ1v) is 10.2. The second kappa shape index (κ2) is 12.4. The standard InChI is InChI=1S/C20H32N4O6/c1-28-13-16-15(29-2)11-18(30-16)24-12-14(19(26)23-20(24)27)7-8-17(25)22-10-6-4-3-5-9-21/h7-8,12,15-16,18H,3-6,9-11,13,21H2,1-2H3,(H,22,25)(H,23,26,27)/b8-7+/t15?,16-,18-/m1/s1. The normalized spacial score (nSPS) is 21.4. The van der Waals surface area contributed by atoms with Gasteiger partial charge in [-0.25, -0.2) is 4.79 Å². The summed E-state index contributed by atoms with van der Waals surface area (Å²) in [6.07, 6.45) is 7.22. The van der Waals surface area contributed by atoms with Gasteiger partial charge in [0.05, 0.1) is 18.3 Å². The van der Waals surface area contributed by atoms with Crippen LogP contribution >= 0.6 is 0 Å². The van der Waals surface area contributed by atoms with Gasteiger partial charge in [0.25, 0.3) is 5.56 Å². The number of aromatic nitrogens is 2. The number of rotatable bonds is 12. The van der Waals surface area contributed by atoms with Crippen molar-refractivity contribution < 1.29 is 19.0 Å². The van der Waals surface area contributed by atoms with Crippen LogP contribution in [-0.4, -0.2) is 61.6 Å². The zero-order valence-corrected chi connectivity index (χ0v) is 17.6. The lowest BCUT2D eigenvalue weighted by Crippen LogP contribution is -2.33. The number of methoxy groups -OCH3 is 2. The first-order chi connectivity index (χ1) is 14.5. The number of carbonyl (C=O) groups is 1. The molecule has 2 heterocycles. The lowest BCUT2D eigenvalue weighted by Gasteiger charge is -2.16. The Bertz CT molecular complexity index is 818. The zero-order valence-electron chi connectivity index (χ0n) is 17.6. The predicted molar refractivity (Wildman–Crippen MR) is 112 cm³/mol. The van der Waals surface area contributed by atoms with Crippen molar-refractivity contribution in [1.82, 2.24) is 14.9 Å². The third kappa shape index (κ3) is 6.91. The lowest BCUT2D eigenvalue weighted by atomic mass is 10.2. The summed E-state index contributed by atoms with van der Waals surface area (Å²) >= 11 is 0. The second-order valence-electron chi connectivity index (χ2n) is 7.17. The molecule has 1 aromatic rings. The summed E-state index contributed by atoms with van der Waals surface area (Å²) in [5, 5.41) is 2.77. The van der Waals surface area contributed by atoms with Gasteiger partial charge in [-0.2, -0.15) is 0 Å². The van der Waals surface area contributed by atoms with Crippen molar-refractivity contribution in [3.8, 4) is 0 Å². The minimum atomic E-state index is -0.603. The van der Waals surface area contributed by atoms with Crippen LogP contribution in [0.15, 0.2) is 21.9 Å². The quantitative estimate of drug-likeness (QED) is 0.320. The van der Waals surface area contributed by atoms with E-state index in [4.69, 9.17) is 19.9 Å². The molecule has 1 aliphatic heterocycles. The zero-order chi connectivity index (χ0) is 21.9. The molecule has 0 spiro atoms. The van der Waals surface area contributed by atoms with Gasteiger partial charge in [-0.3, -0.25) is 19.1 Å². The second-order valence-corrected chi connectivity index (χ2v) is 7.17. The van der Waals surface area contributed by atoms with Crippen molar-refractivity contribution >= 4 is 12.0 Å². The Hall–Kier alpha value is -2.27. The third-order valence-corrected chi connectivity index (χ3v) is 4.96. The number of aromatic amines is 1. The van der Waals surface area contributed by atoms with Crippen molar-refractivity contribution in [2.24, 2.45) is 5.73 Å². The van der Waals surface area contributed by atoms with Gasteiger partial charge in [0.1, 0.15) is 12.3 Å². The highest BCUT2D eigenvalue weighted by molar-refractivity contribution is 5.91. The van der Waals surface area contributed by atoms with Gasteiger partial charge >= 0.3 is 5.69 Å². The molecule has 30 heavy (non-hydrogen) atoms. The first-order valence-electron chi connectivity index (χ1n) is 10.2. The van der Waals surface area contributed by atoms with E-state index in [1.807, 2.05) is 0 Å². The number of carbonyl (C=O) groups excluding carboxylic acids is 1. The van der Waals surface area contributed by atoms with Crippen molar-refractivity contribution in [1.29, 1.82) is 0 Å². The van der Waals surface area contributed by atoms with Crippen LogP contribution in [0.2, 0.25) is 0 Å². The van der Waals surface area contributed by atoms with Gasteiger partial charge in [-0.1, -0.05) is 12.8 Å². The van der Waals surface area contributed by atoms with Crippen LogP contribution in [0.25, 0.3) is 6.08 Å². The van der Waals surface area contributed by atoms with Crippen LogP contribution in [-0.2, 0) is 19.0 Å². The summed E-state index contributed by atoms with van der Waals surface area (Å²) in [6.45, 7) is 1.56. The Morgan fingerprint density at radius 3 is 2.80 bits per heavy atom. The van der Waals surface area contributed by atoms with Crippen LogP contribution < -0.4 is 22.3 Å². The highest BCUT2D eigenvalue weighted by Gasteiger charge is 2.36. The molecular formula is C20H32N4O6. The van der Waals surface area contributed by atoms with Crippen molar-refractivity contribution in [2.75, 3.05) is 33.9 Å².